The Labute approximate surface area is 420 Å². The fourth-order valence-corrected chi connectivity index (χ4v) is 7.19. The zero-order chi connectivity index (χ0) is 50.2. The molecule has 0 aliphatic heterocycles. The summed E-state index contributed by atoms with van der Waals surface area (Å²) in [6.07, 6.45) is 76.2. The molecule has 10 heteroatoms. The van der Waals surface area contributed by atoms with Crippen LogP contribution in [0.2, 0.25) is 0 Å². The number of nitrogens with two attached hydrogens (primary N) is 1. The summed E-state index contributed by atoms with van der Waals surface area (Å²) in [6.45, 7) is 3.39. The molecule has 0 aromatic rings. The van der Waals surface area contributed by atoms with E-state index in [1.807, 2.05) is 12.2 Å². The monoisotopic (exact) mass is 976 g/mol. The van der Waals surface area contributed by atoms with Crippen molar-refractivity contribution in [1.82, 2.24) is 0 Å². The second-order valence-corrected chi connectivity index (χ2v) is 18.1. The van der Waals surface area contributed by atoms with Gasteiger partial charge < -0.3 is 20.1 Å². The first-order valence-electron chi connectivity index (χ1n) is 26.3. The van der Waals surface area contributed by atoms with Gasteiger partial charge >= 0.3 is 19.8 Å². The Morgan fingerprint density at radius 1 is 0.435 bits per heavy atom. The minimum absolute atomic E-state index is 0.0347. The van der Waals surface area contributed by atoms with E-state index < -0.39 is 32.5 Å². The first kappa shape index (κ1) is 64.9. The zero-order valence-corrected chi connectivity index (χ0v) is 43.9. The Morgan fingerprint density at radius 2 is 0.783 bits per heavy atom. The Morgan fingerprint density at radius 3 is 1.17 bits per heavy atom. The van der Waals surface area contributed by atoms with Crippen molar-refractivity contribution >= 4 is 19.8 Å². The van der Waals surface area contributed by atoms with E-state index in [0.29, 0.717) is 12.8 Å². The average Bonchev–Trinajstić information content (AvgIpc) is 3.34. The maximum Gasteiger partial charge on any atom is 0.472 e. The first-order chi connectivity index (χ1) is 33.8. The third-order valence-corrected chi connectivity index (χ3v) is 11.2. The Hall–Kier alpha value is -4.11. The van der Waals surface area contributed by atoms with Gasteiger partial charge in [-0.3, -0.25) is 18.6 Å². The van der Waals surface area contributed by atoms with Crippen LogP contribution in [-0.2, 0) is 32.7 Å². The van der Waals surface area contributed by atoms with E-state index in [2.05, 4.69) is 148 Å². The van der Waals surface area contributed by atoms with Crippen LogP contribution in [0.5, 0.6) is 0 Å². The molecule has 2 unspecified atom stereocenters. The molecule has 388 valence electrons. The number of carbonyl (C=O) groups is 2. The standard InChI is InChI=1S/C59H94NO8P/c1-3-5-7-9-11-13-15-17-19-21-23-24-25-26-27-28-29-30-31-32-34-36-38-40-42-44-46-48-50-52-59(62)68-57(56-67-69(63,64)66-54-53-60)55-65-58(61)51-49-47-45-43-41-39-37-35-33-22-20-18-16-14-12-10-8-6-4-2/h5-8,11-14,17-20,23-24,26-27,29-30,33,35,39,41,45,47,57H,3-4,9-10,15-16,21-22,25,28,31-32,34,36-38,40,42-44,46,48-56,60H2,1-2H3,(H,63,64)/b7-5-,8-6-,13-11-,14-12-,19-17-,20-18-,24-23-,27-26-,30-29-,35-33-,41-39-,47-45-. The zero-order valence-electron chi connectivity index (χ0n) is 43.0. The molecule has 3 N–H and O–H groups in total. The summed E-state index contributed by atoms with van der Waals surface area (Å²) >= 11 is 0. The van der Waals surface area contributed by atoms with Crippen LogP contribution in [0.25, 0.3) is 0 Å². The molecule has 0 amide bonds. The van der Waals surface area contributed by atoms with Crippen molar-refractivity contribution in [3.63, 3.8) is 0 Å². The predicted molar refractivity (Wildman–Crippen MR) is 293 cm³/mol. The van der Waals surface area contributed by atoms with E-state index in [9.17, 15) is 19.0 Å². The number of unbranched alkanes of at least 4 members (excludes halogenated alkanes) is 10. The predicted octanol–water partition coefficient (Wildman–Crippen LogP) is 16.4. The fraction of sp³-hybridized carbons (Fsp3) is 0.559. The summed E-state index contributed by atoms with van der Waals surface area (Å²) in [4.78, 5) is 35.1. The van der Waals surface area contributed by atoms with Gasteiger partial charge in [-0.05, 0) is 103 Å². The number of esters is 2. The highest BCUT2D eigenvalue weighted by atomic mass is 31.2. The number of hydrogen-bond donors (Lipinski definition) is 2. The summed E-state index contributed by atoms with van der Waals surface area (Å²) in [5, 5.41) is 0. The molecule has 0 saturated carbocycles. The molecule has 0 aromatic carbocycles. The van der Waals surface area contributed by atoms with Gasteiger partial charge in [-0.2, -0.15) is 0 Å². The van der Waals surface area contributed by atoms with Crippen molar-refractivity contribution < 1.29 is 37.6 Å². The van der Waals surface area contributed by atoms with Crippen molar-refractivity contribution in [2.75, 3.05) is 26.4 Å². The minimum atomic E-state index is -4.41. The minimum Gasteiger partial charge on any atom is -0.462 e. The summed E-state index contributed by atoms with van der Waals surface area (Å²) in [6, 6.07) is 0. The molecular formula is C59H94NO8P. The lowest BCUT2D eigenvalue weighted by atomic mass is 10.0. The van der Waals surface area contributed by atoms with Gasteiger partial charge in [-0.25, -0.2) is 4.57 Å². The lowest BCUT2D eigenvalue weighted by Crippen LogP contribution is -2.29. The van der Waals surface area contributed by atoms with Crippen molar-refractivity contribution in [1.29, 1.82) is 0 Å². The van der Waals surface area contributed by atoms with E-state index in [-0.39, 0.29) is 32.6 Å². The topological polar surface area (TPSA) is 134 Å². The molecule has 0 spiro atoms. The molecule has 2 atom stereocenters. The van der Waals surface area contributed by atoms with E-state index >= 15 is 0 Å². The first-order valence-corrected chi connectivity index (χ1v) is 27.8. The second kappa shape index (κ2) is 53.2. The molecule has 0 saturated heterocycles. The third kappa shape index (κ3) is 53.1. The number of ether oxygens (including phenoxy) is 2. The van der Waals surface area contributed by atoms with Crippen LogP contribution in [0.3, 0.4) is 0 Å². The van der Waals surface area contributed by atoms with Gasteiger partial charge in [-0.15, -0.1) is 0 Å². The molecule has 9 nitrogen and oxygen atoms in total. The summed E-state index contributed by atoms with van der Waals surface area (Å²) < 4.78 is 32.9. The van der Waals surface area contributed by atoms with E-state index in [0.717, 1.165) is 103 Å². The van der Waals surface area contributed by atoms with Crippen molar-refractivity contribution in [3.05, 3.63) is 146 Å². The molecule has 0 aliphatic rings. The van der Waals surface area contributed by atoms with E-state index in [1.54, 1.807) is 0 Å². The van der Waals surface area contributed by atoms with Crippen molar-refractivity contribution in [2.45, 2.75) is 187 Å². The molecule has 0 heterocycles. The number of phosphoric ester groups is 1. The van der Waals surface area contributed by atoms with Crippen LogP contribution < -0.4 is 5.73 Å². The van der Waals surface area contributed by atoms with Crippen molar-refractivity contribution in [3.8, 4) is 0 Å². The molecule has 0 aliphatic carbocycles. The van der Waals surface area contributed by atoms with Crippen LogP contribution in [0.1, 0.15) is 181 Å². The number of allylic oxidation sites excluding steroid dienone is 24. The molecule has 0 radical (unpaired) electrons. The van der Waals surface area contributed by atoms with Crippen LogP contribution in [0, 0.1) is 0 Å². The van der Waals surface area contributed by atoms with Crippen molar-refractivity contribution in [2.24, 2.45) is 5.73 Å². The lowest BCUT2D eigenvalue weighted by Gasteiger charge is -2.19. The van der Waals surface area contributed by atoms with Crippen LogP contribution in [0.15, 0.2) is 146 Å². The Bertz CT molecular complexity index is 1630. The second-order valence-electron chi connectivity index (χ2n) is 16.6. The highest BCUT2D eigenvalue weighted by Gasteiger charge is 2.26. The smallest absolute Gasteiger partial charge is 0.462 e. The SMILES string of the molecule is CC/C=C\C/C=C\C/C=C\C/C=C\C/C=C\C/C=C\CCCCCCCCCCCCC(=O)OC(COC(=O)CC/C=C\C/C=C\C/C=C\C/C=C\C/C=C\C/C=C\CC)COP(=O)(O)OCCN. The largest absolute Gasteiger partial charge is 0.472 e. The molecule has 0 aromatic heterocycles. The van der Waals surface area contributed by atoms with Crippen LogP contribution in [-0.4, -0.2) is 49.3 Å². The summed E-state index contributed by atoms with van der Waals surface area (Å²) in [7, 11) is -4.41. The van der Waals surface area contributed by atoms with E-state index in [4.69, 9.17) is 24.3 Å². The number of rotatable bonds is 47. The summed E-state index contributed by atoms with van der Waals surface area (Å²) in [5.41, 5.74) is 5.36. The van der Waals surface area contributed by atoms with Gasteiger partial charge in [0.05, 0.1) is 13.2 Å². The lowest BCUT2D eigenvalue weighted by molar-refractivity contribution is -0.161. The van der Waals surface area contributed by atoms with Gasteiger partial charge in [0.1, 0.15) is 6.61 Å². The number of hydrogen-bond acceptors (Lipinski definition) is 8. The maximum absolute atomic E-state index is 12.7. The molecule has 0 fully saturated rings. The summed E-state index contributed by atoms with van der Waals surface area (Å²) in [5.74, 6) is -0.944. The Balaban J connectivity index is 4.15. The highest BCUT2D eigenvalue weighted by molar-refractivity contribution is 7.47. The van der Waals surface area contributed by atoms with Crippen LogP contribution >= 0.6 is 7.82 Å². The van der Waals surface area contributed by atoms with Gasteiger partial charge in [0.25, 0.3) is 0 Å². The van der Waals surface area contributed by atoms with Gasteiger partial charge in [-0.1, -0.05) is 211 Å². The van der Waals surface area contributed by atoms with Gasteiger partial charge in [0, 0.05) is 19.4 Å². The number of carbonyl (C=O) groups excluding carboxylic acids is 2. The quantitative estimate of drug-likeness (QED) is 0.0264. The average molecular weight is 976 g/mol. The molecular weight excluding hydrogens is 882 g/mol. The van der Waals surface area contributed by atoms with Gasteiger partial charge in [0.2, 0.25) is 0 Å². The highest BCUT2D eigenvalue weighted by Crippen LogP contribution is 2.43. The Kier molecular flexibility index (Phi) is 50.1. The third-order valence-electron chi connectivity index (χ3n) is 10.2. The fourth-order valence-electron chi connectivity index (χ4n) is 6.43. The molecule has 69 heavy (non-hydrogen) atoms. The molecule has 0 rings (SSSR count). The molecule has 0 bridgehead atoms. The maximum atomic E-state index is 12.7. The van der Waals surface area contributed by atoms with Gasteiger partial charge in [0.15, 0.2) is 6.10 Å². The number of phosphoric acid groups is 1. The van der Waals surface area contributed by atoms with E-state index in [1.165, 1.54) is 38.5 Å². The van der Waals surface area contributed by atoms with Crippen LogP contribution in [0.4, 0.5) is 0 Å². The normalized spacial score (nSPS) is 14.3.